The van der Waals surface area contributed by atoms with E-state index in [0.29, 0.717) is 17.5 Å². The third kappa shape index (κ3) is 2.59. The standard InChI is InChI=1S/C11H13ClN4O2/c1-6(2)11-14-8(12)4-10(17)16(11)5-9-13-7(3)18-15-9/h4,6H,5H2,1-3H3. The Kier molecular flexibility index (Phi) is 3.47. The van der Waals surface area contributed by atoms with Crippen molar-refractivity contribution in [3.8, 4) is 0 Å². The summed E-state index contributed by atoms with van der Waals surface area (Å²) >= 11 is 5.80. The van der Waals surface area contributed by atoms with Crippen molar-refractivity contribution in [3.63, 3.8) is 0 Å². The van der Waals surface area contributed by atoms with E-state index >= 15 is 0 Å². The van der Waals surface area contributed by atoms with Gasteiger partial charge in [0.25, 0.3) is 5.56 Å². The molecule has 2 aromatic rings. The fourth-order valence-corrected chi connectivity index (χ4v) is 1.82. The number of hydrogen-bond acceptors (Lipinski definition) is 5. The van der Waals surface area contributed by atoms with Crippen LogP contribution in [0.1, 0.15) is 37.3 Å². The largest absolute Gasteiger partial charge is 0.340 e. The lowest BCUT2D eigenvalue weighted by Gasteiger charge is -2.12. The third-order valence-corrected chi connectivity index (χ3v) is 2.59. The van der Waals surface area contributed by atoms with Gasteiger partial charge in [-0.2, -0.15) is 4.98 Å². The molecule has 0 bridgehead atoms. The number of rotatable bonds is 3. The Balaban J connectivity index is 2.46. The van der Waals surface area contributed by atoms with E-state index < -0.39 is 0 Å². The second-order valence-corrected chi connectivity index (χ2v) is 4.63. The molecular weight excluding hydrogens is 256 g/mol. The molecule has 0 spiro atoms. The van der Waals surface area contributed by atoms with Crippen LogP contribution >= 0.6 is 11.6 Å². The molecule has 18 heavy (non-hydrogen) atoms. The predicted octanol–water partition coefficient (Wildman–Crippen LogP) is 1.76. The van der Waals surface area contributed by atoms with Crippen LogP contribution in [0.5, 0.6) is 0 Å². The molecule has 96 valence electrons. The molecule has 0 aliphatic carbocycles. The van der Waals surface area contributed by atoms with Crippen molar-refractivity contribution in [2.45, 2.75) is 33.2 Å². The van der Waals surface area contributed by atoms with Gasteiger partial charge in [0, 0.05) is 18.9 Å². The molecule has 0 saturated carbocycles. The zero-order valence-corrected chi connectivity index (χ0v) is 11.1. The number of aromatic nitrogens is 4. The second-order valence-electron chi connectivity index (χ2n) is 4.25. The van der Waals surface area contributed by atoms with E-state index in [1.807, 2.05) is 13.8 Å². The lowest BCUT2D eigenvalue weighted by atomic mass is 10.2. The van der Waals surface area contributed by atoms with Gasteiger partial charge in [-0.25, -0.2) is 4.98 Å². The molecule has 2 heterocycles. The zero-order chi connectivity index (χ0) is 13.3. The quantitative estimate of drug-likeness (QED) is 0.793. The van der Waals surface area contributed by atoms with E-state index in [1.54, 1.807) is 6.92 Å². The highest BCUT2D eigenvalue weighted by atomic mass is 35.5. The lowest BCUT2D eigenvalue weighted by molar-refractivity contribution is 0.385. The van der Waals surface area contributed by atoms with E-state index in [-0.39, 0.29) is 23.2 Å². The Morgan fingerprint density at radius 1 is 1.44 bits per heavy atom. The average molecular weight is 269 g/mol. The molecule has 0 saturated heterocycles. The highest BCUT2D eigenvalue weighted by molar-refractivity contribution is 6.29. The summed E-state index contributed by atoms with van der Waals surface area (Å²) in [6.07, 6.45) is 0. The van der Waals surface area contributed by atoms with Gasteiger partial charge >= 0.3 is 0 Å². The molecule has 0 fully saturated rings. The van der Waals surface area contributed by atoms with Crippen LogP contribution in [-0.2, 0) is 6.54 Å². The summed E-state index contributed by atoms with van der Waals surface area (Å²) in [5, 5.41) is 3.97. The van der Waals surface area contributed by atoms with E-state index in [9.17, 15) is 4.79 Å². The maximum atomic E-state index is 11.9. The van der Waals surface area contributed by atoms with Gasteiger partial charge in [-0.05, 0) is 0 Å². The van der Waals surface area contributed by atoms with Gasteiger partial charge in [0.05, 0.1) is 6.54 Å². The van der Waals surface area contributed by atoms with Crippen molar-refractivity contribution in [1.29, 1.82) is 0 Å². The molecule has 0 amide bonds. The smallest absolute Gasteiger partial charge is 0.255 e. The van der Waals surface area contributed by atoms with Crippen LogP contribution < -0.4 is 5.56 Å². The summed E-state index contributed by atoms with van der Waals surface area (Å²) < 4.78 is 6.38. The van der Waals surface area contributed by atoms with Crippen molar-refractivity contribution >= 4 is 11.6 Å². The summed E-state index contributed by atoms with van der Waals surface area (Å²) in [6.45, 7) is 5.81. The zero-order valence-electron chi connectivity index (χ0n) is 10.3. The summed E-state index contributed by atoms with van der Waals surface area (Å²) in [6, 6.07) is 1.28. The normalized spacial score (nSPS) is 11.2. The highest BCUT2D eigenvalue weighted by Crippen LogP contribution is 2.13. The van der Waals surface area contributed by atoms with Crippen molar-refractivity contribution in [2.75, 3.05) is 0 Å². The number of nitrogens with zero attached hydrogens (tertiary/aromatic N) is 4. The van der Waals surface area contributed by atoms with E-state index in [2.05, 4.69) is 15.1 Å². The van der Waals surface area contributed by atoms with Gasteiger partial charge in [-0.1, -0.05) is 30.6 Å². The molecule has 0 aliphatic rings. The SMILES string of the molecule is Cc1nc(Cn2c(C(C)C)nc(Cl)cc2=O)no1. The maximum absolute atomic E-state index is 11.9. The molecule has 0 atom stereocenters. The lowest BCUT2D eigenvalue weighted by Crippen LogP contribution is -2.26. The minimum Gasteiger partial charge on any atom is -0.340 e. The van der Waals surface area contributed by atoms with E-state index in [1.165, 1.54) is 10.6 Å². The first-order chi connectivity index (χ1) is 8.47. The molecular formula is C11H13ClN4O2. The molecule has 0 unspecified atom stereocenters. The van der Waals surface area contributed by atoms with Crippen LogP contribution in [0, 0.1) is 6.92 Å². The second kappa shape index (κ2) is 4.89. The van der Waals surface area contributed by atoms with Gasteiger partial charge in [-0.3, -0.25) is 9.36 Å². The first-order valence-electron chi connectivity index (χ1n) is 5.54. The van der Waals surface area contributed by atoms with E-state index in [0.717, 1.165) is 0 Å². The summed E-state index contributed by atoms with van der Waals surface area (Å²) in [5.74, 6) is 1.59. The van der Waals surface area contributed by atoms with E-state index in [4.69, 9.17) is 16.1 Å². The fraction of sp³-hybridized carbons (Fsp3) is 0.455. The fourth-order valence-electron chi connectivity index (χ4n) is 1.64. The van der Waals surface area contributed by atoms with Crippen LogP contribution in [-0.4, -0.2) is 19.7 Å². The Morgan fingerprint density at radius 3 is 2.72 bits per heavy atom. The van der Waals surface area contributed by atoms with Gasteiger partial charge in [-0.15, -0.1) is 0 Å². The summed E-state index contributed by atoms with van der Waals surface area (Å²) in [4.78, 5) is 20.2. The van der Waals surface area contributed by atoms with Crippen molar-refractivity contribution in [1.82, 2.24) is 19.7 Å². The monoisotopic (exact) mass is 268 g/mol. The minimum atomic E-state index is -0.221. The Labute approximate surface area is 109 Å². The molecule has 0 aliphatic heterocycles. The van der Waals surface area contributed by atoms with Crippen LogP contribution in [0.4, 0.5) is 0 Å². The molecule has 0 N–H and O–H groups in total. The van der Waals surface area contributed by atoms with Crippen molar-refractivity contribution in [3.05, 3.63) is 39.1 Å². The topological polar surface area (TPSA) is 73.8 Å². The van der Waals surface area contributed by atoms with Crippen LogP contribution in [0.2, 0.25) is 5.15 Å². The first-order valence-corrected chi connectivity index (χ1v) is 5.91. The molecule has 0 aromatic carbocycles. The van der Waals surface area contributed by atoms with Gasteiger partial charge < -0.3 is 4.52 Å². The highest BCUT2D eigenvalue weighted by Gasteiger charge is 2.14. The third-order valence-electron chi connectivity index (χ3n) is 2.39. The summed E-state index contributed by atoms with van der Waals surface area (Å²) in [7, 11) is 0. The number of halogens is 1. The van der Waals surface area contributed by atoms with Crippen molar-refractivity contribution < 1.29 is 4.52 Å². The van der Waals surface area contributed by atoms with Gasteiger partial charge in [0.2, 0.25) is 5.89 Å². The number of aryl methyl sites for hydroxylation is 1. The van der Waals surface area contributed by atoms with Gasteiger partial charge in [0.15, 0.2) is 5.82 Å². The molecule has 7 heteroatoms. The predicted molar refractivity (Wildman–Crippen MR) is 65.7 cm³/mol. The average Bonchev–Trinajstić information content (AvgIpc) is 2.67. The Hall–Kier alpha value is -1.69. The molecule has 6 nitrogen and oxygen atoms in total. The van der Waals surface area contributed by atoms with Crippen LogP contribution in [0.25, 0.3) is 0 Å². The molecule has 0 radical (unpaired) electrons. The van der Waals surface area contributed by atoms with Crippen LogP contribution in [0.15, 0.2) is 15.4 Å². The number of hydrogen-bond donors (Lipinski definition) is 0. The summed E-state index contributed by atoms with van der Waals surface area (Å²) in [5.41, 5.74) is -0.221. The maximum Gasteiger partial charge on any atom is 0.255 e. The Morgan fingerprint density at radius 2 is 2.17 bits per heavy atom. The van der Waals surface area contributed by atoms with Crippen molar-refractivity contribution in [2.24, 2.45) is 0 Å². The Bertz CT molecular complexity index is 618. The first kappa shape index (κ1) is 12.8. The minimum absolute atomic E-state index is 0.0735. The van der Waals surface area contributed by atoms with Crippen LogP contribution in [0.3, 0.4) is 0 Å². The van der Waals surface area contributed by atoms with Gasteiger partial charge in [0.1, 0.15) is 11.0 Å². The molecule has 2 aromatic heterocycles. The molecule has 2 rings (SSSR count).